The van der Waals surface area contributed by atoms with Gasteiger partial charge < -0.3 is 9.64 Å². The van der Waals surface area contributed by atoms with Crippen molar-refractivity contribution < 1.29 is 9.53 Å². The largest absolute Gasteiger partial charge is 0.375 e. The summed E-state index contributed by atoms with van der Waals surface area (Å²) in [6, 6.07) is 5.71. The summed E-state index contributed by atoms with van der Waals surface area (Å²) >= 11 is 3.43. The Morgan fingerprint density at radius 1 is 1.56 bits per heavy atom. The molecular weight excluding hydrogens is 270 g/mol. The summed E-state index contributed by atoms with van der Waals surface area (Å²) in [6.45, 7) is 4.43. The minimum absolute atomic E-state index is 0.215. The van der Waals surface area contributed by atoms with E-state index in [9.17, 15) is 4.79 Å². The summed E-state index contributed by atoms with van der Waals surface area (Å²) in [5, 5.41) is 0. The molecule has 0 spiro atoms. The van der Waals surface area contributed by atoms with Gasteiger partial charge in [0.2, 0.25) is 0 Å². The Bertz CT molecular complexity index is 395. The van der Waals surface area contributed by atoms with Crippen molar-refractivity contribution in [3.8, 4) is 0 Å². The lowest BCUT2D eigenvalue weighted by molar-refractivity contribution is 0.0531. The number of morpholine rings is 1. The lowest BCUT2D eigenvalue weighted by Crippen LogP contribution is -2.41. The molecule has 0 bridgehead atoms. The van der Waals surface area contributed by atoms with Gasteiger partial charge in [-0.2, -0.15) is 0 Å². The third-order valence-corrected chi connectivity index (χ3v) is 3.19. The van der Waals surface area contributed by atoms with Crippen molar-refractivity contribution in [1.29, 1.82) is 0 Å². The number of nitrogens with zero attached hydrogens (tertiary/aromatic N) is 1. The second kappa shape index (κ2) is 4.97. The molecule has 1 atom stereocenters. The zero-order valence-electron chi connectivity index (χ0n) is 9.15. The quantitative estimate of drug-likeness (QED) is 0.781. The first-order chi connectivity index (χ1) is 7.70. The molecule has 2 rings (SSSR count). The molecule has 16 heavy (non-hydrogen) atoms. The number of halogens is 1. The predicted molar refractivity (Wildman–Crippen MR) is 67.2 cm³/mol. The SMILES string of the molecule is CC1CN(c2cc(Br)ccc2C=O)CCO1. The molecule has 0 radical (unpaired) electrons. The number of hydrogen-bond donors (Lipinski definition) is 0. The zero-order valence-corrected chi connectivity index (χ0v) is 10.7. The van der Waals surface area contributed by atoms with Crippen molar-refractivity contribution >= 4 is 27.9 Å². The van der Waals surface area contributed by atoms with E-state index in [1.165, 1.54) is 0 Å². The minimum Gasteiger partial charge on any atom is -0.375 e. The number of carbonyl (C=O) groups excluding carboxylic acids is 1. The number of anilines is 1. The van der Waals surface area contributed by atoms with Crippen LogP contribution in [0.3, 0.4) is 0 Å². The molecule has 1 aromatic carbocycles. The highest BCUT2D eigenvalue weighted by Gasteiger charge is 2.19. The molecule has 1 heterocycles. The molecule has 1 aliphatic rings. The molecule has 3 nitrogen and oxygen atoms in total. The fourth-order valence-corrected chi connectivity index (χ4v) is 2.28. The number of benzene rings is 1. The average molecular weight is 284 g/mol. The van der Waals surface area contributed by atoms with Gasteiger partial charge in [0.25, 0.3) is 0 Å². The van der Waals surface area contributed by atoms with Gasteiger partial charge in [-0.15, -0.1) is 0 Å². The van der Waals surface area contributed by atoms with E-state index in [1.54, 1.807) is 0 Å². The van der Waals surface area contributed by atoms with Crippen LogP contribution in [-0.4, -0.2) is 32.1 Å². The van der Waals surface area contributed by atoms with Gasteiger partial charge in [-0.25, -0.2) is 0 Å². The molecule has 0 aliphatic carbocycles. The summed E-state index contributed by atoms with van der Waals surface area (Å²) in [5.74, 6) is 0. The van der Waals surface area contributed by atoms with E-state index in [1.807, 2.05) is 25.1 Å². The maximum absolute atomic E-state index is 11.0. The molecule has 86 valence electrons. The number of hydrogen-bond acceptors (Lipinski definition) is 3. The maximum Gasteiger partial charge on any atom is 0.152 e. The fraction of sp³-hybridized carbons (Fsp3) is 0.417. The average Bonchev–Trinajstić information content (AvgIpc) is 2.29. The van der Waals surface area contributed by atoms with Gasteiger partial charge in [0.05, 0.1) is 12.7 Å². The van der Waals surface area contributed by atoms with Crippen molar-refractivity contribution in [2.75, 3.05) is 24.6 Å². The molecule has 0 aromatic heterocycles. The molecule has 0 N–H and O–H groups in total. The Balaban J connectivity index is 2.30. The van der Waals surface area contributed by atoms with Crippen LogP contribution in [-0.2, 0) is 4.74 Å². The molecular formula is C12H14BrNO2. The topological polar surface area (TPSA) is 29.5 Å². The van der Waals surface area contributed by atoms with Gasteiger partial charge in [0.1, 0.15) is 0 Å². The number of aldehydes is 1. The van der Waals surface area contributed by atoms with Crippen molar-refractivity contribution in [1.82, 2.24) is 0 Å². The third-order valence-electron chi connectivity index (χ3n) is 2.70. The van der Waals surface area contributed by atoms with Crippen molar-refractivity contribution in [3.05, 3.63) is 28.2 Å². The third kappa shape index (κ3) is 2.44. The molecule has 1 fully saturated rings. The second-order valence-electron chi connectivity index (χ2n) is 3.95. The van der Waals surface area contributed by atoms with Gasteiger partial charge in [0, 0.05) is 28.8 Å². The lowest BCUT2D eigenvalue weighted by Gasteiger charge is -2.33. The first-order valence-electron chi connectivity index (χ1n) is 5.32. The fourth-order valence-electron chi connectivity index (χ4n) is 1.93. The Morgan fingerprint density at radius 2 is 2.38 bits per heavy atom. The zero-order chi connectivity index (χ0) is 11.5. The smallest absolute Gasteiger partial charge is 0.152 e. The van der Waals surface area contributed by atoms with Crippen LogP contribution in [0.15, 0.2) is 22.7 Å². The van der Waals surface area contributed by atoms with Crippen LogP contribution >= 0.6 is 15.9 Å². The Kier molecular flexibility index (Phi) is 3.61. The molecule has 1 aromatic rings. The minimum atomic E-state index is 0.215. The van der Waals surface area contributed by atoms with E-state index in [0.29, 0.717) is 6.61 Å². The van der Waals surface area contributed by atoms with Crippen LogP contribution in [0, 0.1) is 0 Å². The lowest BCUT2D eigenvalue weighted by atomic mass is 10.1. The molecule has 0 amide bonds. The van der Waals surface area contributed by atoms with Gasteiger partial charge in [0.15, 0.2) is 6.29 Å². The van der Waals surface area contributed by atoms with E-state index in [-0.39, 0.29) is 6.10 Å². The summed E-state index contributed by atoms with van der Waals surface area (Å²) in [5.41, 5.74) is 1.72. The number of ether oxygens (including phenoxy) is 1. The summed E-state index contributed by atoms with van der Waals surface area (Å²) in [6.07, 6.45) is 1.12. The number of carbonyl (C=O) groups is 1. The van der Waals surface area contributed by atoms with E-state index < -0.39 is 0 Å². The molecule has 1 unspecified atom stereocenters. The summed E-state index contributed by atoms with van der Waals surface area (Å²) in [7, 11) is 0. The Morgan fingerprint density at radius 3 is 3.06 bits per heavy atom. The van der Waals surface area contributed by atoms with E-state index in [2.05, 4.69) is 20.8 Å². The highest BCUT2D eigenvalue weighted by atomic mass is 79.9. The summed E-state index contributed by atoms with van der Waals surface area (Å²) in [4.78, 5) is 13.2. The second-order valence-corrected chi connectivity index (χ2v) is 4.86. The van der Waals surface area contributed by atoms with E-state index in [4.69, 9.17) is 4.74 Å². The van der Waals surface area contributed by atoms with Crippen LogP contribution < -0.4 is 4.90 Å². The van der Waals surface area contributed by atoms with Gasteiger partial charge in [-0.1, -0.05) is 15.9 Å². The van der Waals surface area contributed by atoms with Gasteiger partial charge >= 0.3 is 0 Å². The Labute approximate surface area is 104 Å². The predicted octanol–water partition coefficient (Wildman–Crippen LogP) is 2.49. The number of rotatable bonds is 2. The van der Waals surface area contributed by atoms with Crippen molar-refractivity contribution in [3.63, 3.8) is 0 Å². The van der Waals surface area contributed by atoms with Crippen molar-refractivity contribution in [2.45, 2.75) is 13.0 Å². The van der Waals surface area contributed by atoms with Gasteiger partial charge in [-0.3, -0.25) is 4.79 Å². The van der Waals surface area contributed by atoms with Crippen LogP contribution in [0.1, 0.15) is 17.3 Å². The van der Waals surface area contributed by atoms with Crippen LogP contribution in [0.5, 0.6) is 0 Å². The van der Waals surface area contributed by atoms with Crippen LogP contribution in [0.4, 0.5) is 5.69 Å². The highest BCUT2D eigenvalue weighted by Crippen LogP contribution is 2.25. The Hall–Kier alpha value is -0.870. The van der Waals surface area contributed by atoms with Crippen molar-refractivity contribution in [2.24, 2.45) is 0 Å². The van der Waals surface area contributed by atoms with Gasteiger partial charge in [-0.05, 0) is 25.1 Å². The first kappa shape index (κ1) is 11.6. The molecule has 0 saturated carbocycles. The van der Waals surface area contributed by atoms with E-state index in [0.717, 1.165) is 35.1 Å². The maximum atomic E-state index is 11.0. The van der Waals surface area contributed by atoms with Crippen LogP contribution in [0.25, 0.3) is 0 Å². The normalized spacial score (nSPS) is 20.9. The monoisotopic (exact) mass is 283 g/mol. The molecule has 1 saturated heterocycles. The highest BCUT2D eigenvalue weighted by molar-refractivity contribution is 9.10. The summed E-state index contributed by atoms with van der Waals surface area (Å²) < 4.78 is 6.48. The van der Waals surface area contributed by atoms with E-state index >= 15 is 0 Å². The first-order valence-corrected chi connectivity index (χ1v) is 6.11. The standard InChI is InChI=1S/C12H14BrNO2/c1-9-7-14(4-5-16-9)12-6-11(13)3-2-10(12)8-15/h2-3,6,8-9H,4-5,7H2,1H3. The van der Waals surface area contributed by atoms with Crippen LogP contribution in [0.2, 0.25) is 0 Å². The molecule has 1 aliphatic heterocycles. The molecule has 4 heteroatoms.